The van der Waals surface area contributed by atoms with Gasteiger partial charge in [-0.3, -0.25) is 4.90 Å². The van der Waals surface area contributed by atoms with E-state index in [1.165, 1.54) is 20.4 Å². The molecule has 0 amide bonds. The fourth-order valence-electron chi connectivity index (χ4n) is 1.01. The highest BCUT2D eigenvalue weighted by molar-refractivity contribution is 6.47. The molecule has 0 aromatic carbocycles. The molecule has 2 N–H and O–H groups in total. The van der Waals surface area contributed by atoms with E-state index in [4.69, 9.17) is 19.5 Å². The summed E-state index contributed by atoms with van der Waals surface area (Å²) in [4.78, 5) is 7.37. The molecule has 6 nitrogen and oxygen atoms in total. The maximum atomic E-state index is 8.64. The molecule has 14 heavy (non-hydrogen) atoms. The largest absolute Gasteiger partial charge is 0.607 e. The van der Waals surface area contributed by atoms with Crippen LogP contribution in [0.15, 0.2) is 21.9 Å². The zero-order valence-electron chi connectivity index (χ0n) is 7.91. The molecule has 7 heteroatoms. The highest BCUT2D eigenvalue weighted by Crippen LogP contribution is 2.09. The molecule has 0 aromatic rings. The minimum absolute atomic E-state index is 0.336. The van der Waals surface area contributed by atoms with Gasteiger partial charge in [0.25, 0.3) is 0 Å². The molecular formula is C7H11BN2O4. The van der Waals surface area contributed by atoms with Crippen LogP contribution >= 0.6 is 0 Å². The Balaban J connectivity index is 2.83. The van der Waals surface area contributed by atoms with Crippen molar-refractivity contribution in [1.29, 1.82) is 0 Å². The van der Waals surface area contributed by atoms with Crippen LogP contribution in [0.4, 0.5) is 0 Å². The summed E-state index contributed by atoms with van der Waals surface area (Å²) in [5, 5.41) is 17.3. The first-order chi connectivity index (χ1) is 6.67. The zero-order chi connectivity index (χ0) is 10.6. The Morgan fingerprint density at radius 3 is 2.71 bits per heavy atom. The standard InChI is InChI=1S/C7H11BN2O4/c1-13-6-3-7(14-2)9-4-5(6)10-8(11)12/h3-4,6,11-12H,1-2H3. The lowest BCUT2D eigenvalue weighted by Gasteiger charge is -2.15. The number of hydrogen-bond acceptors (Lipinski definition) is 6. The summed E-state index contributed by atoms with van der Waals surface area (Å²) in [6.45, 7) is 0. The molecule has 0 aliphatic carbocycles. The topological polar surface area (TPSA) is 83.6 Å². The normalized spacial score (nSPS) is 23.6. The average molecular weight is 198 g/mol. The van der Waals surface area contributed by atoms with E-state index in [0.29, 0.717) is 11.6 Å². The van der Waals surface area contributed by atoms with E-state index >= 15 is 0 Å². The maximum absolute atomic E-state index is 8.64. The summed E-state index contributed by atoms with van der Waals surface area (Å²) in [5.41, 5.74) is 0.336. The Hall–Kier alpha value is -1.18. The van der Waals surface area contributed by atoms with E-state index in [-0.39, 0.29) is 0 Å². The van der Waals surface area contributed by atoms with Gasteiger partial charge in [0.1, 0.15) is 6.10 Å². The smallest absolute Gasteiger partial charge is 0.481 e. The molecule has 0 saturated heterocycles. The second-order valence-corrected chi connectivity index (χ2v) is 2.52. The first-order valence-corrected chi connectivity index (χ1v) is 3.94. The molecular weight excluding hydrogens is 187 g/mol. The minimum Gasteiger partial charge on any atom is -0.481 e. The Labute approximate surface area is 81.8 Å². The Bertz CT molecular complexity index is 287. The zero-order valence-corrected chi connectivity index (χ0v) is 7.91. The first-order valence-electron chi connectivity index (χ1n) is 3.94. The number of methoxy groups -OCH3 is 2. The van der Waals surface area contributed by atoms with Gasteiger partial charge in [-0.1, -0.05) is 0 Å². The van der Waals surface area contributed by atoms with Gasteiger partial charge < -0.3 is 19.5 Å². The van der Waals surface area contributed by atoms with Crippen LogP contribution in [0.2, 0.25) is 0 Å². The van der Waals surface area contributed by atoms with Crippen molar-refractivity contribution in [3.8, 4) is 0 Å². The van der Waals surface area contributed by atoms with Gasteiger partial charge in [-0.25, -0.2) is 4.99 Å². The van der Waals surface area contributed by atoms with Crippen molar-refractivity contribution in [2.75, 3.05) is 14.2 Å². The fraction of sp³-hybridized carbons (Fsp3) is 0.429. The van der Waals surface area contributed by atoms with Crippen LogP contribution in [0.1, 0.15) is 0 Å². The van der Waals surface area contributed by atoms with Gasteiger partial charge in [-0.15, -0.1) is 0 Å². The molecule has 0 spiro atoms. The van der Waals surface area contributed by atoms with Gasteiger partial charge in [0.2, 0.25) is 5.88 Å². The molecule has 1 rings (SSSR count). The van der Waals surface area contributed by atoms with Crippen molar-refractivity contribution in [1.82, 2.24) is 0 Å². The average Bonchev–Trinajstić information content (AvgIpc) is 2.17. The monoisotopic (exact) mass is 198 g/mol. The van der Waals surface area contributed by atoms with Crippen molar-refractivity contribution in [2.45, 2.75) is 6.10 Å². The molecule has 1 unspecified atom stereocenters. The molecule has 1 atom stereocenters. The summed E-state index contributed by atoms with van der Waals surface area (Å²) in [6.07, 6.45) is 2.48. The van der Waals surface area contributed by atoms with Gasteiger partial charge in [0, 0.05) is 13.2 Å². The predicted octanol–water partition coefficient (Wildman–Crippen LogP) is -1.02. The number of aliphatic imine (C=N–C) groups is 1. The summed E-state index contributed by atoms with van der Waals surface area (Å²) in [6, 6.07) is 0. The molecule has 0 fully saturated rings. The van der Waals surface area contributed by atoms with Crippen molar-refractivity contribution in [3.05, 3.63) is 12.0 Å². The Morgan fingerprint density at radius 2 is 2.21 bits per heavy atom. The summed E-state index contributed by atoms with van der Waals surface area (Å²) >= 11 is 0. The van der Waals surface area contributed by atoms with E-state index in [0.717, 1.165) is 0 Å². The molecule has 0 saturated carbocycles. The number of hydrogen-bond donors (Lipinski definition) is 2. The number of ether oxygens (including phenoxy) is 2. The third kappa shape index (κ3) is 2.66. The molecule has 1 heterocycles. The van der Waals surface area contributed by atoms with E-state index in [9.17, 15) is 0 Å². The maximum Gasteiger partial charge on any atom is 0.607 e. The second kappa shape index (κ2) is 4.89. The van der Waals surface area contributed by atoms with Crippen LogP contribution < -0.4 is 0 Å². The highest BCUT2D eigenvalue weighted by atomic mass is 16.5. The minimum atomic E-state index is -1.76. The number of rotatable bonds is 3. The Morgan fingerprint density at radius 1 is 1.50 bits per heavy atom. The van der Waals surface area contributed by atoms with Crippen LogP contribution in [-0.2, 0) is 9.47 Å². The predicted molar refractivity (Wildman–Crippen MR) is 52.0 cm³/mol. The molecule has 0 radical (unpaired) electrons. The van der Waals surface area contributed by atoms with Gasteiger partial charge in [0.15, 0.2) is 0 Å². The van der Waals surface area contributed by atoms with Crippen LogP contribution in [0.25, 0.3) is 0 Å². The van der Waals surface area contributed by atoms with Crippen LogP contribution in [0.5, 0.6) is 0 Å². The van der Waals surface area contributed by atoms with Gasteiger partial charge >= 0.3 is 7.25 Å². The molecule has 1 aliphatic rings. The third-order valence-corrected chi connectivity index (χ3v) is 1.64. The lowest BCUT2D eigenvalue weighted by Crippen LogP contribution is -2.28. The molecule has 0 bridgehead atoms. The summed E-state index contributed by atoms with van der Waals surface area (Å²) in [5.74, 6) is 0.406. The van der Waals surface area contributed by atoms with E-state index in [1.54, 1.807) is 6.08 Å². The van der Waals surface area contributed by atoms with E-state index < -0.39 is 13.4 Å². The van der Waals surface area contributed by atoms with Crippen LogP contribution in [0.3, 0.4) is 0 Å². The first kappa shape index (κ1) is 10.9. The van der Waals surface area contributed by atoms with Crippen LogP contribution in [-0.4, -0.2) is 49.6 Å². The van der Waals surface area contributed by atoms with Gasteiger partial charge in [0.05, 0.1) is 19.0 Å². The van der Waals surface area contributed by atoms with Gasteiger partial charge in [-0.05, 0) is 0 Å². The highest BCUT2D eigenvalue weighted by Gasteiger charge is 2.19. The lowest BCUT2D eigenvalue weighted by atomic mass is 10.1. The third-order valence-electron chi connectivity index (χ3n) is 1.64. The quantitative estimate of drug-likeness (QED) is 0.568. The molecule has 76 valence electrons. The van der Waals surface area contributed by atoms with E-state index in [2.05, 4.69) is 9.90 Å². The van der Waals surface area contributed by atoms with Crippen molar-refractivity contribution < 1.29 is 19.5 Å². The van der Waals surface area contributed by atoms with E-state index in [1.807, 2.05) is 0 Å². The van der Waals surface area contributed by atoms with Crippen LogP contribution in [0, 0.1) is 0 Å². The molecule has 0 aromatic heterocycles. The number of nitrogens with zero attached hydrogens (tertiary/aromatic N) is 2. The lowest BCUT2D eigenvalue weighted by molar-refractivity contribution is 0.183. The van der Waals surface area contributed by atoms with Crippen molar-refractivity contribution in [2.24, 2.45) is 9.90 Å². The van der Waals surface area contributed by atoms with Crippen molar-refractivity contribution >= 4 is 19.2 Å². The van der Waals surface area contributed by atoms with Gasteiger partial charge in [-0.2, -0.15) is 0 Å². The Kier molecular flexibility index (Phi) is 3.81. The summed E-state index contributed by atoms with van der Waals surface area (Å²) in [7, 11) is 1.21. The SMILES string of the molecule is COC1=CC(OC)C(=NB(O)O)C=N1. The molecule has 1 aliphatic heterocycles. The van der Waals surface area contributed by atoms with Crippen molar-refractivity contribution in [3.63, 3.8) is 0 Å². The second-order valence-electron chi connectivity index (χ2n) is 2.52. The summed E-state index contributed by atoms with van der Waals surface area (Å²) < 4.78 is 9.92. The fourth-order valence-corrected chi connectivity index (χ4v) is 1.01.